The number of H-pyrrole nitrogens is 1. The molecule has 136 valence electrons. The molecule has 9 heteroatoms. The molecule has 2 fully saturated rings. The van der Waals surface area contributed by atoms with E-state index in [1.54, 1.807) is 24.3 Å². The normalized spacial score (nSPS) is 29.7. The van der Waals surface area contributed by atoms with Gasteiger partial charge in [-0.25, -0.2) is 9.59 Å². The zero-order chi connectivity index (χ0) is 18.3. The first-order chi connectivity index (χ1) is 12.5. The maximum absolute atomic E-state index is 12.2. The highest BCUT2D eigenvalue weighted by Crippen LogP contribution is 2.48. The lowest BCUT2D eigenvalue weighted by Gasteiger charge is -2.30. The van der Waals surface area contributed by atoms with E-state index < -0.39 is 29.0 Å². The first-order valence-electron chi connectivity index (χ1n) is 7.97. The van der Waals surface area contributed by atoms with E-state index in [0.717, 1.165) is 0 Å². The topological polar surface area (TPSA) is 99.6 Å². The van der Waals surface area contributed by atoms with Gasteiger partial charge in [0.05, 0.1) is 16.1 Å². The Hall–Kier alpha value is -1.98. The molecule has 0 aliphatic carbocycles. The number of ether oxygens (including phenoxy) is 3. The van der Waals surface area contributed by atoms with E-state index in [0.29, 0.717) is 5.56 Å². The molecule has 4 atom stereocenters. The van der Waals surface area contributed by atoms with E-state index >= 15 is 0 Å². The molecule has 2 bridgehead atoms. The molecule has 2 aromatic rings. The van der Waals surface area contributed by atoms with Crippen LogP contribution in [-0.2, 0) is 14.2 Å². The Balaban J connectivity index is 1.53. The zero-order valence-electron chi connectivity index (χ0n) is 13.5. The van der Waals surface area contributed by atoms with Crippen LogP contribution in [0.5, 0.6) is 0 Å². The Morgan fingerprint density at radius 1 is 1.31 bits per heavy atom. The van der Waals surface area contributed by atoms with Crippen LogP contribution in [0.15, 0.2) is 52.2 Å². The van der Waals surface area contributed by atoms with Crippen LogP contribution in [0.1, 0.15) is 16.6 Å². The Bertz CT molecular complexity index is 942. The van der Waals surface area contributed by atoms with Crippen LogP contribution < -0.4 is 11.2 Å². The number of hydrogen-bond acceptors (Lipinski definition) is 6. The molecule has 0 saturated carbocycles. The molecule has 2 saturated heterocycles. The molecule has 2 aliphatic heterocycles. The van der Waals surface area contributed by atoms with E-state index in [4.69, 9.17) is 14.2 Å². The Kier molecular flexibility index (Phi) is 4.45. The number of aromatic amines is 1. The van der Waals surface area contributed by atoms with Gasteiger partial charge in [0.1, 0.15) is 18.3 Å². The minimum atomic E-state index is -0.837. The molecule has 1 aromatic carbocycles. The molecule has 0 radical (unpaired) electrons. The summed E-state index contributed by atoms with van der Waals surface area (Å²) >= 11 is 2.19. The largest absolute Gasteiger partial charge is 0.459 e. The molecule has 4 rings (SSSR count). The van der Waals surface area contributed by atoms with Crippen molar-refractivity contribution in [3.05, 3.63) is 69.0 Å². The second-order valence-electron chi connectivity index (χ2n) is 6.21. The smallest absolute Gasteiger partial charge is 0.338 e. The van der Waals surface area contributed by atoms with Gasteiger partial charge in [0.15, 0.2) is 6.23 Å². The number of rotatable bonds is 4. The highest BCUT2D eigenvalue weighted by atomic mass is 127. The van der Waals surface area contributed by atoms with Gasteiger partial charge in [-0.1, -0.05) is 40.8 Å². The molecule has 8 nitrogen and oxygen atoms in total. The van der Waals surface area contributed by atoms with Gasteiger partial charge in [-0.15, -0.1) is 0 Å². The standard InChI is InChI=1S/C17H15IN2O6/c18-13-12-14(20-7-6-11(21)19-16(20)23)26-17(13,8-24-12)9-25-15(22)10-4-2-1-3-5-10/h1-7,12-14H,8-9H2,(H,19,21,23)/t12-,13?,14+,17+/m0/s1. The highest BCUT2D eigenvalue weighted by molar-refractivity contribution is 14.1. The number of esters is 1. The van der Waals surface area contributed by atoms with Crippen molar-refractivity contribution in [3.8, 4) is 0 Å². The van der Waals surface area contributed by atoms with Gasteiger partial charge in [-0.2, -0.15) is 0 Å². The van der Waals surface area contributed by atoms with Gasteiger partial charge < -0.3 is 14.2 Å². The number of halogens is 1. The van der Waals surface area contributed by atoms with Crippen molar-refractivity contribution in [2.45, 2.75) is 21.9 Å². The monoisotopic (exact) mass is 470 g/mol. The quantitative estimate of drug-likeness (QED) is 0.405. The van der Waals surface area contributed by atoms with E-state index in [9.17, 15) is 14.4 Å². The second-order valence-corrected chi connectivity index (χ2v) is 7.55. The van der Waals surface area contributed by atoms with E-state index in [1.165, 1.54) is 16.8 Å². The van der Waals surface area contributed by atoms with Crippen LogP contribution in [0.2, 0.25) is 0 Å². The molecule has 2 aliphatic rings. The molecule has 3 heterocycles. The fourth-order valence-electron chi connectivity index (χ4n) is 3.18. The Morgan fingerprint density at radius 3 is 2.81 bits per heavy atom. The van der Waals surface area contributed by atoms with Crippen molar-refractivity contribution >= 4 is 28.6 Å². The third kappa shape index (κ3) is 2.89. The van der Waals surface area contributed by atoms with Gasteiger partial charge in [-0.3, -0.25) is 14.3 Å². The van der Waals surface area contributed by atoms with Gasteiger partial charge in [0.2, 0.25) is 0 Å². The molecule has 26 heavy (non-hydrogen) atoms. The van der Waals surface area contributed by atoms with Crippen LogP contribution >= 0.6 is 22.6 Å². The van der Waals surface area contributed by atoms with E-state index in [2.05, 4.69) is 27.6 Å². The summed E-state index contributed by atoms with van der Waals surface area (Å²) in [6.45, 7) is 0.279. The first kappa shape index (κ1) is 17.4. The summed E-state index contributed by atoms with van der Waals surface area (Å²) in [4.78, 5) is 37.7. The molecule has 1 unspecified atom stereocenters. The maximum atomic E-state index is 12.2. The van der Waals surface area contributed by atoms with Crippen LogP contribution in [0.25, 0.3) is 0 Å². The van der Waals surface area contributed by atoms with Crippen LogP contribution in [0.3, 0.4) is 0 Å². The van der Waals surface area contributed by atoms with Gasteiger partial charge in [0.25, 0.3) is 5.56 Å². The molecule has 0 spiro atoms. The predicted octanol–water partition coefficient (Wildman–Crippen LogP) is 0.864. The number of aromatic nitrogens is 2. The number of carbonyl (C=O) groups is 1. The summed E-state index contributed by atoms with van der Waals surface area (Å²) in [5, 5.41) is 0. The summed E-state index contributed by atoms with van der Waals surface area (Å²) in [5.41, 5.74) is -1.43. The number of hydrogen-bond donors (Lipinski definition) is 1. The SMILES string of the molecule is O=C(OC[C@]12CO[C@@H](C1I)[C@H](n1ccc(=O)[nH]c1=O)O2)c1ccccc1. The zero-order valence-corrected chi connectivity index (χ0v) is 15.6. The van der Waals surface area contributed by atoms with Crippen LogP contribution in [-0.4, -0.2) is 44.4 Å². The lowest BCUT2D eigenvalue weighted by Crippen LogP contribution is -2.44. The van der Waals surface area contributed by atoms with Crippen molar-refractivity contribution in [2.75, 3.05) is 13.2 Å². The number of nitrogens with zero attached hydrogens (tertiary/aromatic N) is 1. The van der Waals surface area contributed by atoms with Gasteiger partial charge in [-0.05, 0) is 12.1 Å². The first-order valence-corrected chi connectivity index (χ1v) is 9.22. The average molecular weight is 470 g/mol. The minimum Gasteiger partial charge on any atom is -0.459 e. The molecule has 1 N–H and O–H groups in total. The molecule has 0 amide bonds. The number of fused-ring (bicyclic) bond motifs is 2. The molecular weight excluding hydrogens is 455 g/mol. The second kappa shape index (κ2) is 6.63. The molecule has 1 aromatic heterocycles. The Labute approximate surface area is 161 Å². The summed E-state index contributed by atoms with van der Waals surface area (Å²) in [6, 6.07) is 9.94. The van der Waals surface area contributed by atoms with Crippen LogP contribution in [0, 0.1) is 0 Å². The maximum Gasteiger partial charge on any atom is 0.338 e. The number of alkyl halides is 1. The van der Waals surface area contributed by atoms with E-state index in [1.807, 2.05) is 6.07 Å². The van der Waals surface area contributed by atoms with Crippen molar-refractivity contribution in [2.24, 2.45) is 0 Å². The summed E-state index contributed by atoms with van der Waals surface area (Å²) in [6.07, 6.45) is 0.309. The summed E-state index contributed by atoms with van der Waals surface area (Å²) in [5.74, 6) is -0.444. The molecular formula is C17H15IN2O6. The third-order valence-corrected chi connectivity index (χ3v) is 6.37. The van der Waals surface area contributed by atoms with Crippen molar-refractivity contribution < 1.29 is 19.0 Å². The van der Waals surface area contributed by atoms with Crippen molar-refractivity contribution in [3.63, 3.8) is 0 Å². The van der Waals surface area contributed by atoms with E-state index in [-0.39, 0.29) is 23.2 Å². The minimum absolute atomic E-state index is 0.0133. The van der Waals surface area contributed by atoms with Gasteiger partial charge >= 0.3 is 11.7 Å². The van der Waals surface area contributed by atoms with Crippen molar-refractivity contribution in [1.82, 2.24) is 9.55 Å². The number of nitrogens with one attached hydrogen (secondary N) is 1. The third-order valence-electron chi connectivity index (χ3n) is 4.53. The number of benzene rings is 1. The lowest BCUT2D eigenvalue weighted by atomic mass is 10.0. The Morgan fingerprint density at radius 2 is 2.08 bits per heavy atom. The predicted molar refractivity (Wildman–Crippen MR) is 98.4 cm³/mol. The van der Waals surface area contributed by atoms with Crippen molar-refractivity contribution in [1.29, 1.82) is 0 Å². The van der Waals surface area contributed by atoms with Crippen LogP contribution in [0.4, 0.5) is 0 Å². The lowest BCUT2D eigenvalue weighted by molar-refractivity contribution is -0.184. The summed E-state index contributed by atoms with van der Waals surface area (Å²) in [7, 11) is 0. The highest BCUT2D eigenvalue weighted by Gasteiger charge is 2.62. The fourth-order valence-corrected chi connectivity index (χ4v) is 4.25. The fraction of sp³-hybridized carbons (Fsp3) is 0.353. The summed E-state index contributed by atoms with van der Waals surface area (Å²) < 4.78 is 18.5. The van der Waals surface area contributed by atoms with Gasteiger partial charge in [0, 0.05) is 12.3 Å². The number of carbonyl (C=O) groups excluding carboxylic acids is 1. The average Bonchev–Trinajstić information content (AvgIpc) is 3.10.